The number of thiophene rings is 1. The van der Waals surface area contributed by atoms with Crippen molar-refractivity contribution in [2.24, 2.45) is 0 Å². The zero-order valence-corrected chi connectivity index (χ0v) is 16.1. The minimum Gasteiger partial charge on any atom is -0.375 e. The molecule has 1 aromatic carbocycles. The van der Waals surface area contributed by atoms with Crippen LogP contribution < -0.4 is 5.32 Å². The summed E-state index contributed by atoms with van der Waals surface area (Å²) < 4.78 is 27.2. The van der Waals surface area contributed by atoms with Gasteiger partial charge in [0.05, 0.1) is 16.6 Å². The van der Waals surface area contributed by atoms with Crippen molar-refractivity contribution in [3.05, 3.63) is 50.9 Å². The Morgan fingerprint density at radius 2 is 1.96 bits per heavy atom. The third kappa shape index (κ3) is 4.27. The van der Waals surface area contributed by atoms with Gasteiger partial charge in [0.1, 0.15) is 9.90 Å². The van der Waals surface area contributed by atoms with E-state index in [1.807, 2.05) is 6.07 Å². The Bertz CT molecular complexity index is 989. The van der Waals surface area contributed by atoms with Gasteiger partial charge >= 0.3 is 0 Å². The van der Waals surface area contributed by atoms with E-state index in [2.05, 4.69) is 5.32 Å². The van der Waals surface area contributed by atoms with Crippen LogP contribution in [0.15, 0.2) is 34.5 Å². The van der Waals surface area contributed by atoms with Crippen molar-refractivity contribution in [1.29, 1.82) is 5.26 Å². The van der Waals surface area contributed by atoms with Gasteiger partial charge in [-0.25, -0.2) is 8.42 Å². The summed E-state index contributed by atoms with van der Waals surface area (Å²) in [6.45, 7) is 1.35. The minimum atomic E-state index is -3.47. The molecule has 0 aliphatic carbocycles. The number of rotatable bonds is 6. The molecule has 1 aliphatic heterocycles. The van der Waals surface area contributed by atoms with Crippen LogP contribution in [0.3, 0.4) is 0 Å². The topological polar surface area (TPSA) is 116 Å². The lowest BCUT2D eigenvalue weighted by atomic mass is 10.2. The lowest BCUT2D eigenvalue weighted by Crippen LogP contribution is -2.35. The molecule has 0 unspecified atom stereocenters. The molecule has 27 heavy (non-hydrogen) atoms. The van der Waals surface area contributed by atoms with Gasteiger partial charge in [0.15, 0.2) is 0 Å². The molecule has 1 aliphatic rings. The van der Waals surface area contributed by atoms with Crippen LogP contribution in [0.25, 0.3) is 0 Å². The van der Waals surface area contributed by atoms with Gasteiger partial charge in [0.25, 0.3) is 15.7 Å². The second-order valence-electron chi connectivity index (χ2n) is 6.14. The van der Waals surface area contributed by atoms with Crippen LogP contribution in [-0.4, -0.2) is 30.7 Å². The van der Waals surface area contributed by atoms with Gasteiger partial charge in [0, 0.05) is 30.6 Å². The zero-order valence-electron chi connectivity index (χ0n) is 14.4. The molecule has 3 rings (SSSR count). The van der Waals surface area contributed by atoms with Crippen molar-refractivity contribution < 1.29 is 13.3 Å². The summed E-state index contributed by atoms with van der Waals surface area (Å²) in [7, 11) is -3.47. The maximum Gasteiger partial charge on any atom is 0.293 e. The molecule has 142 valence electrons. The molecule has 0 atom stereocenters. The number of nitrogens with one attached hydrogen (secondary N) is 1. The Hall–Kier alpha value is -2.48. The summed E-state index contributed by atoms with van der Waals surface area (Å²) in [6.07, 6.45) is 2.80. The highest BCUT2D eigenvalue weighted by atomic mass is 32.2. The maximum absolute atomic E-state index is 12.7. The van der Waals surface area contributed by atoms with Gasteiger partial charge in [-0.2, -0.15) is 9.57 Å². The third-order valence-corrected chi connectivity index (χ3v) is 7.77. The standard InChI is InChI=1S/C17H18N4O4S2/c18-11-13-4-6-15(16(10-13)21(22)23)19-12-14-5-7-17(26-14)27(24,25)20-8-2-1-3-9-20/h4-7,10,19H,1-3,8-9,12H2. The molecule has 0 bridgehead atoms. The first-order chi connectivity index (χ1) is 12.9. The zero-order chi connectivity index (χ0) is 19.4. The highest BCUT2D eigenvalue weighted by Crippen LogP contribution is 2.29. The predicted molar refractivity (Wildman–Crippen MR) is 102 cm³/mol. The smallest absolute Gasteiger partial charge is 0.293 e. The van der Waals surface area contributed by atoms with E-state index in [-0.39, 0.29) is 27.7 Å². The molecule has 8 nitrogen and oxygen atoms in total. The fourth-order valence-electron chi connectivity index (χ4n) is 2.91. The first-order valence-electron chi connectivity index (χ1n) is 8.43. The Labute approximate surface area is 161 Å². The van der Waals surface area contributed by atoms with Crippen LogP contribution in [0.5, 0.6) is 0 Å². The molecule has 1 saturated heterocycles. The number of hydrogen-bond acceptors (Lipinski definition) is 7. The summed E-state index contributed by atoms with van der Waals surface area (Å²) in [6, 6.07) is 9.36. The molecule has 0 spiro atoms. The predicted octanol–water partition coefficient (Wildman–Crippen LogP) is 3.31. The number of hydrogen-bond donors (Lipinski definition) is 1. The third-order valence-electron chi connectivity index (χ3n) is 4.32. The molecule has 0 amide bonds. The largest absolute Gasteiger partial charge is 0.375 e. The molecule has 1 N–H and O–H groups in total. The van der Waals surface area contributed by atoms with Gasteiger partial charge < -0.3 is 5.32 Å². The Kier molecular flexibility index (Phi) is 5.74. The first kappa shape index (κ1) is 19.3. The highest BCUT2D eigenvalue weighted by molar-refractivity contribution is 7.91. The van der Waals surface area contributed by atoms with E-state index in [1.54, 1.807) is 12.1 Å². The molecule has 2 aromatic rings. The quantitative estimate of drug-likeness (QED) is 0.581. The number of nitro groups is 1. The molecular formula is C17H18N4O4S2. The number of benzene rings is 1. The summed E-state index contributed by atoms with van der Waals surface area (Å²) in [4.78, 5) is 11.4. The number of anilines is 1. The molecule has 10 heteroatoms. The van der Waals surface area contributed by atoms with Crippen molar-refractivity contribution >= 4 is 32.7 Å². The molecule has 1 fully saturated rings. The van der Waals surface area contributed by atoms with E-state index in [1.165, 1.54) is 22.5 Å². The van der Waals surface area contributed by atoms with E-state index in [0.717, 1.165) is 35.5 Å². The van der Waals surface area contributed by atoms with Crippen LogP contribution in [-0.2, 0) is 16.6 Å². The summed E-state index contributed by atoms with van der Waals surface area (Å²) >= 11 is 1.16. The van der Waals surface area contributed by atoms with Gasteiger partial charge in [0.2, 0.25) is 0 Å². The van der Waals surface area contributed by atoms with Gasteiger partial charge in [-0.05, 0) is 37.1 Å². The maximum atomic E-state index is 12.7. The van der Waals surface area contributed by atoms with Crippen LogP contribution in [0.2, 0.25) is 0 Å². The van der Waals surface area contributed by atoms with Gasteiger partial charge in [-0.3, -0.25) is 10.1 Å². The molecular weight excluding hydrogens is 388 g/mol. The van der Waals surface area contributed by atoms with Gasteiger partial charge in [-0.1, -0.05) is 6.42 Å². The summed E-state index contributed by atoms with van der Waals surface area (Å²) in [5.41, 5.74) is 0.304. The van der Waals surface area contributed by atoms with Crippen LogP contribution in [0, 0.1) is 21.4 Å². The average Bonchev–Trinajstić information content (AvgIpc) is 3.16. The van der Waals surface area contributed by atoms with E-state index in [0.29, 0.717) is 13.1 Å². The second-order valence-corrected chi connectivity index (χ2v) is 9.47. The molecule has 0 radical (unpaired) electrons. The number of sulfonamides is 1. The fraction of sp³-hybridized carbons (Fsp3) is 0.353. The van der Waals surface area contributed by atoms with E-state index < -0.39 is 14.9 Å². The molecule has 2 heterocycles. The highest BCUT2D eigenvalue weighted by Gasteiger charge is 2.27. The van der Waals surface area contributed by atoms with Crippen molar-refractivity contribution in [1.82, 2.24) is 4.31 Å². The molecule has 0 saturated carbocycles. The minimum absolute atomic E-state index is 0.188. The number of piperidine rings is 1. The summed E-state index contributed by atoms with van der Waals surface area (Å²) in [5, 5.41) is 23.0. The van der Waals surface area contributed by atoms with Crippen molar-refractivity contribution in [3.63, 3.8) is 0 Å². The monoisotopic (exact) mass is 406 g/mol. The van der Waals surface area contributed by atoms with Crippen molar-refractivity contribution in [2.45, 2.75) is 30.0 Å². The van der Waals surface area contributed by atoms with Crippen LogP contribution in [0.1, 0.15) is 29.7 Å². The number of nitro benzene ring substituents is 1. The van der Waals surface area contributed by atoms with E-state index >= 15 is 0 Å². The molecule has 1 aromatic heterocycles. The first-order valence-corrected chi connectivity index (χ1v) is 10.7. The van der Waals surface area contributed by atoms with E-state index in [4.69, 9.17) is 5.26 Å². The normalized spacial score (nSPS) is 15.2. The lowest BCUT2D eigenvalue weighted by Gasteiger charge is -2.25. The SMILES string of the molecule is N#Cc1ccc(NCc2ccc(S(=O)(=O)N3CCCCC3)s2)c([N+](=O)[O-])c1. The average molecular weight is 406 g/mol. The van der Waals surface area contributed by atoms with Crippen LogP contribution >= 0.6 is 11.3 Å². The van der Waals surface area contributed by atoms with Gasteiger partial charge in [-0.15, -0.1) is 11.3 Å². The van der Waals surface area contributed by atoms with Crippen molar-refractivity contribution in [3.8, 4) is 6.07 Å². The Morgan fingerprint density at radius 1 is 1.22 bits per heavy atom. The number of nitrogens with zero attached hydrogens (tertiary/aromatic N) is 3. The van der Waals surface area contributed by atoms with E-state index in [9.17, 15) is 18.5 Å². The Balaban J connectivity index is 1.74. The van der Waals surface area contributed by atoms with Crippen LogP contribution in [0.4, 0.5) is 11.4 Å². The lowest BCUT2D eigenvalue weighted by molar-refractivity contribution is -0.384. The summed E-state index contributed by atoms with van der Waals surface area (Å²) in [5.74, 6) is 0. The Morgan fingerprint density at radius 3 is 2.63 bits per heavy atom. The number of nitriles is 1. The fourth-order valence-corrected chi connectivity index (χ4v) is 5.88. The van der Waals surface area contributed by atoms with Crippen molar-refractivity contribution in [2.75, 3.05) is 18.4 Å². The second kappa shape index (κ2) is 8.04.